The van der Waals surface area contributed by atoms with Gasteiger partial charge >= 0.3 is 0 Å². The van der Waals surface area contributed by atoms with E-state index in [-0.39, 0.29) is 0 Å². The zero-order valence-electron chi connectivity index (χ0n) is 12.7. The third kappa shape index (κ3) is 3.47. The van der Waals surface area contributed by atoms with Crippen LogP contribution in [-0.4, -0.2) is 21.5 Å². The van der Waals surface area contributed by atoms with E-state index in [1.807, 2.05) is 13.1 Å². The lowest BCUT2D eigenvalue weighted by atomic mass is 9.92. The van der Waals surface area contributed by atoms with Crippen LogP contribution in [0.2, 0.25) is 0 Å². The van der Waals surface area contributed by atoms with Crippen LogP contribution in [0.25, 0.3) is 0 Å². The Balaban J connectivity index is 1.77. The number of fused-ring (bicyclic) bond motifs is 1. The van der Waals surface area contributed by atoms with Crippen LogP contribution in [0.3, 0.4) is 0 Å². The number of nitrogens with one attached hydrogen (secondary N) is 1. The summed E-state index contributed by atoms with van der Waals surface area (Å²) < 4.78 is 0. The first kappa shape index (κ1) is 14.6. The van der Waals surface area contributed by atoms with Crippen molar-refractivity contribution in [1.82, 2.24) is 20.3 Å². The van der Waals surface area contributed by atoms with Crippen molar-refractivity contribution in [2.24, 2.45) is 0 Å². The Hall–Kier alpha value is -1.33. The zero-order chi connectivity index (χ0) is 14.7. The molecule has 0 saturated heterocycles. The van der Waals surface area contributed by atoms with Gasteiger partial charge in [-0.3, -0.25) is 0 Å². The van der Waals surface area contributed by atoms with Crippen molar-refractivity contribution >= 4 is 11.3 Å². The maximum atomic E-state index is 4.79. The highest BCUT2D eigenvalue weighted by Crippen LogP contribution is 2.28. The van der Waals surface area contributed by atoms with Gasteiger partial charge in [-0.2, -0.15) is 0 Å². The summed E-state index contributed by atoms with van der Waals surface area (Å²) in [5, 5.41) is 6.79. The molecule has 0 saturated carbocycles. The summed E-state index contributed by atoms with van der Waals surface area (Å²) in [6.07, 6.45) is 7.42. The first-order valence-electron chi connectivity index (χ1n) is 7.75. The second-order valence-electron chi connectivity index (χ2n) is 5.65. The van der Waals surface area contributed by atoms with Crippen molar-refractivity contribution < 1.29 is 0 Å². The van der Waals surface area contributed by atoms with Crippen molar-refractivity contribution in [3.8, 4) is 0 Å². The quantitative estimate of drug-likeness (QED) is 0.921. The summed E-state index contributed by atoms with van der Waals surface area (Å²) in [6.45, 7) is 5.29. The third-order valence-electron chi connectivity index (χ3n) is 3.85. The van der Waals surface area contributed by atoms with Gasteiger partial charge in [0.2, 0.25) is 0 Å². The van der Waals surface area contributed by atoms with Crippen molar-refractivity contribution in [3.63, 3.8) is 0 Å². The monoisotopic (exact) mass is 302 g/mol. The highest BCUT2D eigenvalue weighted by Gasteiger charge is 2.21. The van der Waals surface area contributed by atoms with Gasteiger partial charge in [-0.15, -0.1) is 11.3 Å². The lowest BCUT2D eigenvalue weighted by Crippen LogP contribution is -2.27. The van der Waals surface area contributed by atoms with Gasteiger partial charge in [-0.25, -0.2) is 15.0 Å². The minimum absolute atomic E-state index is 0.435. The third-order valence-corrected chi connectivity index (χ3v) is 4.82. The molecule has 0 aliphatic heterocycles. The summed E-state index contributed by atoms with van der Waals surface area (Å²) >= 11 is 1.69. The minimum Gasteiger partial charge on any atom is -0.310 e. The van der Waals surface area contributed by atoms with Crippen molar-refractivity contribution in [3.05, 3.63) is 39.4 Å². The molecule has 1 N–H and O–H groups in total. The fourth-order valence-electron chi connectivity index (χ4n) is 2.82. The van der Waals surface area contributed by atoms with Crippen LogP contribution in [0.4, 0.5) is 0 Å². The predicted octanol–water partition coefficient (Wildman–Crippen LogP) is 3.21. The lowest BCUT2D eigenvalue weighted by molar-refractivity contribution is 0.452. The average Bonchev–Trinajstić information content (AvgIpc) is 2.90. The normalized spacial score (nSPS) is 17.7. The molecule has 21 heavy (non-hydrogen) atoms. The number of aryl methyl sites for hydroxylation is 2. The Kier molecular flexibility index (Phi) is 4.60. The van der Waals surface area contributed by atoms with E-state index in [1.165, 1.54) is 24.1 Å². The van der Waals surface area contributed by atoms with Gasteiger partial charge in [0, 0.05) is 34.6 Å². The van der Waals surface area contributed by atoms with Gasteiger partial charge < -0.3 is 5.32 Å². The number of rotatable bonds is 5. The highest BCUT2D eigenvalue weighted by molar-refractivity contribution is 7.09. The van der Waals surface area contributed by atoms with Gasteiger partial charge in [-0.1, -0.05) is 6.92 Å². The van der Waals surface area contributed by atoms with E-state index in [9.17, 15) is 0 Å². The number of thiazole rings is 1. The van der Waals surface area contributed by atoms with E-state index < -0.39 is 0 Å². The molecular weight excluding hydrogens is 280 g/mol. The second-order valence-corrected chi connectivity index (χ2v) is 6.59. The van der Waals surface area contributed by atoms with E-state index in [4.69, 9.17) is 4.98 Å². The Labute approximate surface area is 130 Å². The fourth-order valence-corrected chi connectivity index (χ4v) is 3.59. The summed E-state index contributed by atoms with van der Waals surface area (Å²) in [4.78, 5) is 13.9. The number of hydrogen-bond acceptors (Lipinski definition) is 5. The summed E-state index contributed by atoms with van der Waals surface area (Å²) in [5.74, 6) is 0.902. The Morgan fingerprint density at radius 1 is 1.38 bits per heavy atom. The molecule has 2 aromatic rings. The largest absolute Gasteiger partial charge is 0.310 e. The smallest absolute Gasteiger partial charge is 0.135 e. The van der Waals surface area contributed by atoms with Gasteiger partial charge in [0.1, 0.15) is 10.8 Å². The Bertz CT molecular complexity index is 608. The predicted molar refractivity (Wildman–Crippen MR) is 85.7 cm³/mol. The van der Waals surface area contributed by atoms with E-state index in [1.54, 1.807) is 11.3 Å². The van der Waals surface area contributed by atoms with Crippen molar-refractivity contribution in [2.75, 3.05) is 6.54 Å². The van der Waals surface area contributed by atoms with Crippen molar-refractivity contribution in [1.29, 1.82) is 0 Å². The van der Waals surface area contributed by atoms with Crippen molar-refractivity contribution in [2.45, 2.75) is 52.0 Å². The summed E-state index contributed by atoms with van der Waals surface area (Å²) in [7, 11) is 0. The molecule has 0 bridgehead atoms. The highest BCUT2D eigenvalue weighted by atomic mass is 32.1. The van der Waals surface area contributed by atoms with Crippen LogP contribution in [0.1, 0.15) is 60.0 Å². The second kappa shape index (κ2) is 6.62. The SMILES string of the molecule is CCCNC1CCCc2nc(Cc3nc(C)cs3)ncc21. The van der Waals surface area contributed by atoms with Crippen LogP contribution in [-0.2, 0) is 12.8 Å². The number of hydrogen-bond donors (Lipinski definition) is 1. The Morgan fingerprint density at radius 2 is 2.29 bits per heavy atom. The van der Waals surface area contributed by atoms with Crippen LogP contribution in [0, 0.1) is 6.92 Å². The molecule has 0 aromatic carbocycles. The molecule has 5 heteroatoms. The molecule has 2 heterocycles. The van der Waals surface area contributed by atoms with Gasteiger partial charge in [0.05, 0.1) is 6.42 Å². The van der Waals surface area contributed by atoms with E-state index >= 15 is 0 Å². The number of aromatic nitrogens is 3. The first-order chi connectivity index (χ1) is 10.3. The topological polar surface area (TPSA) is 50.7 Å². The molecule has 0 amide bonds. The lowest BCUT2D eigenvalue weighted by Gasteiger charge is -2.25. The fraction of sp³-hybridized carbons (Fsp3) is 0.562. The minimum atomic E-state index is 0.435. The molecule has 112 valence electrons. The molecule has 3 rings (SSSR count). The van der Waals surface area contributed by atoms with Gasteiger partial charge in [0.15, 0.2) is 0 Å². The zero-order valence-corrected chi connectivity index (χ0v) is 13.5. The average molecular weight is 302 g/mol. The first-order valence-corrected chi connectivity index (χ1v) is 8.63. The molecule has 2 aromatic heterocycles. The van der Waals surface area contributed by atoms with Gasteiger partial charge in [0.25, 0.3) is 0 Å². The molecule has 4 nitrogen and oxygen atoms in total. The maximum Gasteiger partial charge on any atom is 0.135 e. The molecule has 0 spiro atoms. The van der Waals surface area contributed by atoms with E-state index in [0.717, 1.165) is 42.3 Å². The molecule has 1 unspecified atom stereocenters. The van der Waals surface area contributed by atoms with Crippen LogP contribution >= 0.6 is 11.3 Å². The summed E-state index contributed by atoms with van der Waals surface area (Å²) in [5.41, 5.74) is 3.61. The standard InChI is InChI=1S/C16H22N4S/c1-3-7-17-13-5-4-6-14-12(13)9-18-15(20-14)8-16-19-11(2)10-21-16/h9-10,13,17H,3-8H2,1-2H3. The molecule has 1 aliphatic carbocycles. The number of nitrogens with zero attached hydrogens (tertiary/aromatic N) is 3. The Morgan fingerprint density at radius 3 is 3.05 bits per heavy atom. The summed E-state index contributed by atoms with van der Waals surface area (Å²) in [6, 6.07) is 0.435. The van der Waals surface area contributed by atoms with E-state index in [2.05, 4.69) is 27.6 Å². The molecule has 1 aliphatic rings. The van der Waals surface area contributed by atoms with Crippen LogP contribution < -0.4 is 5.32 Å². The van der Waals surface area contributed by atoms with E-state index in [0.29, 0.717) is 6.04 Å². The molecule has 0 fully saturated rings. The maximum absolute atomic E-state index is 4.79. The molecular formula is C16H22N4S. The van der Waals surface area contributed by atoms with Crippen LogP contribution in [0.5, 0.6) is 0 Å². The van der Waals surface area contributed by atoms with Gasteiger partial charge in [-0.05, 0) is 39.2 Å². The molecule has 1 atom stereocenters. The van der Waals surface area contributed by atoms with Crippen LogP contribution in [0.15, 0.2) is 11.6 Å². The molecule has 0 radical (unpaired) electrons.